The highest BCUT2D eigenvalue weighted by Gasteiger charge is 2.30. The summed E-state index contributed by atoms with van der Waals surface area (Å²) in [4.78, 5) is 9.01. The van der Waals surface area contributed by atoms with Gasteiger partial charge in [-0.3, -0.25) is 4.98 Å². The first-order valence-electron chi connectivity index (χ1n) is 9.59. The average Bonchev–Trinajstić information content (AvgIpc) is 2.68. The van der Waals surface area contributed by atoms with Gasteiger partial charge in [0.15, 0.2) is 0 Å². The van der Waals surface area contributed by atoms with Crippen molar-refractivity contribution in [1.82, 2.24) is 9.88 Å². The maximum atomic E-state index is 13.2. The monoisotopic (exact) mass is 400 g/mol. The predicted molar refractivity (Wildman–Crippen MR) is 111 cm³/mol. The Morgan fingerprint density at radius 3 is 2.28 bits per heavy atom. The van der Waals surface area contributed by atoms with Gasteiger partial charge in [-0.25, -0.2) is 0 Å². The van der Waals surface area contributed by atoms with Crippen LogP contribution < -0.4 is 10.2 Å². The zero-order valence-corrected chi connectivity index (χ0v) is 16.4. The Labute approximate surface area is 168 Å². The summed E-state index contributed by atoms with van der Waals surface area (Å²) in [5, 5.41) is 3.72. The molecule has 0 amide bonds. The van der Waals surface area contributed by atoms with Crippen molar-refractivity contribution in [2.45, 2.75) is 13.1 Å². The van der Waals surface area contributed by atoms with E-state index < -0.39 is 11.7 Å². The van der Waals surface area contributed by atoms with Gasteiger partial charge in [0.2, 0.25) is 0 Å². The van der Waals surface area contributed by atoms with E-state index in [2.05, 4.69) is 27.1 Å². The molecule has 1 saturated heterocycles. The van der Waals surface area contributed by atoms with E-state index in [9.17, 15) is 13.2 Å². The molecule has 152 valence electrons. The fraction of sp³-hybridized carbons (Fsp3) is 0.318. The Bertz CT molecular complexity index is 1010. The molecule has 2 aromatic carbocycles. The number of halogens is 3. The second-order valence-corrected chi connectivity index (χ2v) is 7.50. The number of aryl methyl sites for hydroxylation is 1. The summed E-state index contributed by atoms with van der Waals surface area (Å²) in [5.41, 5.74) is 3.20. The Morgan fingerprint density at radius 1 is 0.931 bits per heavy atom. The molecule has 1 fully saturated rings. The third-order valence-corrected chi connectivity index (χ3v) is 5.28. The molecule has 1 aliphatic heterocycles. The van der Waals surface area contributed by atoms with Gasteiger partial charge in [-0.1, -0.05) is 0 Å². The fourth-order valence-electron chi connectivity index (χ4n) is 3.61. The van der Waals surface area contributed by atoms with Crippen molar-refractivity contribution in [3.8, 4) is 0 Å². The van der Waals surface area contributed by atoms with Crippen LogP contribution in [-0.4, -0.2) is 43.1 Å². The van der Waals surface area contributed by atoms with Crippen molar-refractivity contribution in [1.29, 1.82) is 0 Å². The highest BCUT2D eigenvalue weighted by molar-refractivity contribution is 5.93. The number of piperazine rings is 1. The zero-order chi connectivity index (χ0) is 20.6. The molecule has 4 rings (SSSR count). The van der Waals surface area contributed by atoms with E-state index in [1.165, 1.54) is 6.07 Å². The number of aromatic nitrogens is 1. The molecular weight excluding hydrogens is 377 g/mol. The molecule has 0 unspecified atom stereocenters. The van der Waals surface area contributed by atoms with Crippen LogP contribution in [0.25, 0.3) is 10.9 Å². The molecule has 7 heteroatoms. The number of alkyl halides is 3. The first-order chi connectivity index (χ1) is 13.8. The maximum Gasteiger partial charge on any atom is 0.416 e. The molecule has 0 atom stereocenters. The SMILES string of the molecule is Cc1cc(Nc2ccc(N3CCN(C)CC3)cc2)c2cc(C(F)(F)F)ccc2n1. The number of nitrogens with zero attached hydrogens (tertiary/aromatic N) is 3. The average molecular weight is 400 g/mol. The molecule has 0 bridgehead atoms. The Balaban J connectivity index is 1.61. The van der Waals surface area contributed by atoms with E-state index in [0.717, 1.165) is 55.4 Å². The molecule has 0 radical (unpaired) electrons. The third-order valence-electron chi connectivity index (χ3n) is 5.28. The van der Waals surface area contributed by atoms with Crippen LogP contribution in [0.4, 0.5) is 30.2 Å². The fourth-order valence-corrected chi connectivity index (χ4v) is 3.61. The van der Waals surface area contributed by atoms with E-state index in [1.807, 2.05) is 31.2 Å². The first kappa shape index (κ1) is 19.5. The van der Waals surface area contributed by atoms with E-state index in [4.69, 9.17) is 0 Å². The Morgan fingerprint density at radius 2 is 1.62 bits per heavy atom. The van der Waals surface area contributed by atoms with Gasteiger partial charge in [-0.2, -0.15) is 13.2 Å². The van der Waals surface area contributed by atoms with Crippen molar-refractivity contribution < 1.29 is 13.2 Å². The van der Waals surface area contributed by atoms with E-state index >= 15 is 0 Å². The molecule has 1 aromatic heterocycles. The molecule has 0 saturated carbocycles. The van der Waals surface area contributed by atoms with Gasteiger partial charge in [-0.15, -0.1) is 0 Å². The molecule has 0 aliphatic carbocycles. The third kappa shape index (κ3) is 4.29. The second-order valence-electron chi connectivity index (χ2n) is 7.50. The highest BCUT2D eigenvalue weighted by atomic mass is 19.4. The highest BCUT2D eigenvalue weighted by Crippen LogP contribution is 2.34. The smallest absolute Gasteiger partial charge is 0.369 e. The minimum Gasteiger partial charge on any atom is -0.369 e. The summed E-state index contributed by atoms with van der Waals surface area (Å²) < 4.78 is 39.5. The van der Waals surface area contributed by atoms with Crippen LogP contribution in [0.15, 0.2) is 48.5 Å². The van der Waals surface area contributed by atoms with Gasteiger partial charge < -0.3 is 15.1 Å². The van der Waals surface area contributed by atoms with Crippen molar-refractivity contribution in [3.05, 3.63) is 59.8 Å². The summed E-state index contributed by atoms with van der Waals surface area (Å²) in [6, 6.07) is 13.4. The number of fused-ring (bicyclic) bond motifs is 1. The predicted octanol–water partition coefficient (Wildman–Crippen LogP) is 5.06. The van der Waals surface area contributed by atoms with Gasteiger partial charge in [-0.05, 0) is 62.5 Å². The van der Waals surface area contributed by atoms with Crippen LogP contribution in [0.5, 0.6) is 0 Å². The second kappa shape index (κ2) is 7.55. The molecule has 29 heavy (non-hydrogen) atoms. The molecule has 1 N–H and O–H groups in total. The standard InChI is InChI=1S/C22H23F3N4/c1-15-13-21(19-14-16(22(23,24)25)3-8-20(19)26-15)27-17-4-6-18(7-5-17)29-11-9-28(2)10-12-29/h3-8,13-14H,9-12H2,1-2H3,(H,26,27). The van der Waals surface area contributed by atoms with Gasteiger partial charge in [0.05, 0.1) is 11.1 Å². The number of benzene rings is 2. The molecular formula is C22H23F3N4. The van der Waals surface area contributed by atoms with Gasteiger partial charge in [0, 0.05) is 54.3 Å². The number of nitrogens with one attached hydrogen (secondary N) is 1. The van der Waals surface area contributed by atoms with Gasteiger partial charge in [0.1, 0.15) is 0 Å². The van der Waals surface area contributed by atoms with E-state index in [0.29, 0.717) is 16.6 Å². The number of rotatable bonds is 3. The minimum atomic E-state index is -4.39. The van der Waals surface area contributed by atoms with Crippen molar-refractivity contribution in [3.63, 3.8) is 0 Å². The normalized spacial score (nSPS) is 15.7. The molecule has 0 spiro atoms. The number of hydrogen-bond donors (Lipinski definition) is 1. The lowest BCUT2D eigenvalue weighted by atomic mass is 10.1. The molecule has 1 aliphatic rings. The van der Waals surface area contributed by atoms with Crippen LogP contribution in [0.1, 0.15) is 11.3 Å². The van der Waals surface area contributed by atoms with Gasteiger partial charge in [0.25, 0.3) is 0 Å². The van der Waals surface area contributed by atoms with Gasteiger partial charge >= 0.3 is 6.18 Å². The van der Waals surface area contributed by atoms with Crippen molar-refractivity contribution in [2.75, 3.05) is 43.4 Å². The summed E-state index contributed by atoms with van der Waals surface area (Å²) in [7, 11) is 2.12. The van der Waals surface area contributed by atoms with Crippen LogP contribution in [0.2, 0.25) is 0 Å². The summed E-state index contributed by atoms with van der Waals surface area (Å²) in [6.07, 6.45) is -4.39. The summed E-state index contributed by atoms with van der Waals surface area (Å²) in [5.74, 6) is 0. The van der Waals surface area contributed by atoms with E-state index in [1.54, 1.807) is 6.07 Å². The number of likely N-dealkylation sites (N-methyl/N-ethyl adjacent to an activating group) is 1. The lowest BCUT2D eigenvalue weighted by Gasteiger charge is -2.34. The maximum absolute atomic E-state index is 13.2. The lowest BCUT2D eigenvalue weighted by Crippen LogP contribution is -2.44. The minimum absolute atomic E-state index is 0.452. The van der Waals surface area contributed by atoms with Crippen LogP contribution >= 0.6 is 0 Å². The number of anilines is 3. The summed E-state index contributed by atoms with van der Waals surface area (Å²) in [6.45, 7) is 5.86. The quantitative estimate of drug-likeness (QED) is 0.666. The molecule has 2 heterocycles. The zero-order valence-electron chi connectivity index (χ0n) is 16.4. The lowest BCUT2D eigenvalue weighted by molar-refractivity contribution is -0.137. The number of hydrogen-bond acceptors (Lipinski definition) is 4. The number of pyridine rings is 1. The van der Waals surface area contributed by atoms with Crippen molar-refractivity contribution in [2.24, 2.45) is 0 Å². The Kier molecular flexibility index (Phi) is 5.08. The molecule has 4 nitrogen and oxygen atoms in total. The summed E-state index contributed by atoms with van der Waals surface area (Å²) >= 11 is 0. The topological polar surface area (TPSA) is 31.4 Å². The van der Waals surface area contributed by atoms with Crippen LogP contribution in [0, 0.1) is 6.92 Å². The van der Waals surface area contributed by atoms with Crippen LogP contribution in [0.3, 0.4) is 0 Å². The van der Waals surface area contributed by atoms with E-state index in [-0.39, 0.29) is 0 Å². The Hall–Kier alpha value is -2.80. The largest absolute Gasteiger partial charge is 0.416 e. The first-order valence-corrected chi connectivity index (χ1v) is 9.59. The van der Waals surface area contributed by atoms with Crippen LogP contribution in [-0.2, 0) is 6.18 Å². The van der Waals surface area contributed by atoms with Crippen molar-refractivity contribution >= 4 is 28.0 Å². The molecule has 3 aromatic rings.